The highest BCUT2D eigenvalue weighted by molar-refractivity contribution is 5.77. The summed E-state index contributed by atoms with van der Waals surface area (Å²) in [5.41, 5.74) is 0.288. The molecule has 3 aromatic heterocycles. The van der Waals surface area contributed by atoms with Crippen molar-refractivity contribution in [2.45, 2.75) is 32.9 Å². The topological polar surface area (TPSA) is 103 Å². The van der Waals surface area contributed by atoms with Gasteiger partial charge in [0.2, 0.25) is 5.91 Å². The van der Waals surface area contributed by atoms with Crippen LogP contribution in [-0.2, 0) is 17.8 Å². The van der Waals surface area contributed by atoms with E-state index >= 15 is 0 Å². The molecule has 0 aromatic carbocycles. The van der Waals surface area contributed by atoms with Gasteiger partial charge in [-0.05, 0) is 26.0 Å². The van der Waals surface area contributed by atoms with Gasteiger partial charge in [-0.25, -0.2) is 4.98 Å². The van der Waals surface area contributed by atoms with Gasteiger partial charge in [0.1, 0.15) is 24.0 Å². The summed E-state index contributed by atoms with van der Waals surface area (Å²) in [4.78, 5) is 28.4. The van der Waals surface area contributed by atoms with E-state index in [-0.39, 0.29) is 29.8 Å². The van der Waals surface area contributed by atoms with Crippen LogP contribution in [-0.4, -0.2) is 26.7 Å². The minimum Gasteiger partial charge on any atom is -0.469 e. The maximum absolute atomic E-state index is 12.3. The Hall–Kier alpha value is -2.90. The van der Waals surface area contributed by atoms with E-state index in [9.17, 15) is 9.59 Å². The Morgan fingerprint density at radius 1 is 1.48 bits per heavy atom. The van der Waals surface area contributed by atoms with Gasteiger partial charge in [0.15, 0.2) is 0 Å². The van der Waals surface area contributed by atoms with Gasteiger partial charge in [-0.3, -0.25) is 14.2 Å². The predicted octanol–water partition coefficient (Wildman–Crippen LogP) is 1.03. The van der Waals surface area contributed by atoms with Crippen LogP contribution in [0, 0.1) is 6.92 Å². The van der Waals surface area contributed by atoms with Crippen LogP contribution < -0.4 is 10.9 Å². The highest BCUT2D eigenvalue weighted by atomic mass is 16.5. The van der Waals surface area contributed by atoms with E-state index in [1.807, 2.05) is 13.0 Å². The molecule has 3 aromatic rings. The molecular weight excluding hydrogens is 300 g/mol. The number of hydrogen-bond donors (Lipinski definition) is 1. The van der Waals surface area contributed by atoms with Crippen LogP contribution in [0.1, 0.15) is 18.4 Å². The molecule has 120 valence electrons. The second-order valence-corrected chi connectivity index (χ2v) is 5.38. The highest BCUT2D eigenvalue weighted by Crippen LogP contribution is 2.09. The molecule has 0 saturated heterocycles. The molecule has 0 fully saturated rings. The molecule has 1 amide bonds. The molecular formula is C15H16N4O4. The molecule has 23 heavy (non-hydrogen) atoms. The number of aromatic nitrogens is 3. The van der Waals surface area contributed by atoms with Crippen molar-refractivity contribution in [3.63, 3.8) is 0 Å². The van der Waals surface area contributed by atoms with E-state index < -0.39 is 0 Å². The van der Waals surface area contributed by atoms with Crippen molar-refractivity contribution in [3.8, 4) is 0 Å². The van der Waals surface area contributed by atoms with Crippen LogP contribution in [0.4, 0.5) is 0 Å². The van der Waals surface area contributed by atoms with Crippen molar-refractivity contribution in [2.75, 3.05) is 0 Å². The summed E-state index contributed by atoms with van der Waals surface area (Å²) >= 11 is 0. The molecule has 0 saturated carbocycles. The van der Waals surface area contributed by atoms with E-state index in [1.54, 1.807) is 19.3 Å². The molecule has 8 nitrogen and oxygen atoms in total. The fourth-order valence-electron chi connectivity index (χ4n) is 2.38. The number of carbonyl (C=O) groups excluding carboxylic acids is 1. The standard InChI is InChI=1S/C15H16N4O4/c1-9(6-11-4-3-5-22-11)17-12(20)7-19-8-16-14-13(15(19)21)10(2)18-23-14/h3-5,8-9H,6-7H2,1-2H3,(H,17,20)/t9-/m0/s1. The van der Waals surface area contributed by atoms with Crippen LogP contribution in [0.3, 0.4) is 0 Å². The largest absolute Gasteiger partial charge is 0.469 e. The molecule has 0 aliphatic heterocycles. The van der Waals surface area contributed by atoms with Crippen molar-refractivity contribution in [3.05, 3.63) is 46.5 Å². The van der Waals surface area contributed by atoms with Gasteiger partial charge in [-0.2, -0.15) is 0 Å². The zero-order chi connectivity index (χ0) is 16.4. The molecule has 0 radical (unpaired) electrons. The van der Waals surface area contributed by atoms with E-state index in [1.165, 1.54) is 10.9 Å². The van der Waals surface area contributed by atoms with Crippen LogP contribution in [0.15, 0.2) is 38.5 Å². The summed E-state index contributed by atoms with van der Waals surface area (Å²) in [5.74, 6) is 0.513. The summed E-state index contributed by atoms with van der Waals surface area (Å²) in [6.45, 7) is 3.41. The predicted molar refractivity (Wildman–Crippen MR) is 80.8 cm³/mol. The maximum Gasteiger partial charge on any atom is 0.267 e. The number of nitrogens with one attached hydrogen (secondary N) is 1. The van der Waals surface area contributed by atoms with Crippen molar-refractivity contribution in [1.82, 2.24) is 20.0 Å². The average molecular weight is 316 g/mol. The van der Waals surface area contributed by atoms with Gasteiger partial charge in [0, 0.05) is 12.5 Å². The zero-order valence-electron chi connectivity index (χ0n) is 12.8. The first kappa shape index (κ1) is 15.0. The zero-order valence-corrected chi connectivity index (χ0v) is 12.8. The lowest BCUT2D eigenvalue weighted by atomic mass is 10.2. The molecule has 0 spiro atoms. The number of nitrogens with zero attached hydrogens (tertiary/aromatic N) is 3. The monoisotopic (exact) mass is 316 g/mol. The first-order valence-corrected chi connectivity index (χ1v) is 7.17. The number of carbonyl (C=O) groups is 1. The minimum absolute atomic E-state index is 0.113. The average Bonchev–Trinajstić information content (AvgIpc) is 3.12. The Bertz CT molecular complexity index is 879. The number of fused-ring (bicyclic) bond motifs is 1. The van der Waals surface area contributed by atoms with E-state index in [0.717, 1.165) is 5.76 Å². The maximum atomic E-state index is 12.3. The highest BCUT2D eigenvalue weighted by Gasteiger charge is 2.15. The lowest BCUT2D eigenvalue weighted by Crippen LogP contribution is -2.38. The molecule has 8 heteroatoms. The number of hydrogen-bond acceptors (Lipinski definition) is 6. The third kappa shape index (κ3) is 3.15. The Labute approximate surface area is 131 Å². The molecule has 0 aliphatic rings. The summed E-state index contributed by atoms with van der Waals surface area (Å²) in [5, 5.41) is 6.83. The van der Waals surface area contributed by atoms with E-state index in [2.05, 4.69) is 15.5 Å². The van der Waals surface area contributed by atoms with Crippen molar-refractivity contribution < 1.29 is 13.7 Å². The molecule has 3 heterocycles. The van der Waals surface area contributed by atoms with E-state index in [0.29, 0.717) is 17.5 Å². The summed E-state index contributed by atoms with van der Waals surface area (Å²) in [7, 11) is 0. The third-order valence-corrected chi connectivity index (χ3v) is 3.44. The number of rotatable bonds is 5. The van der Waals surface area contributed by atoms with Crippen molar-refractivity contribution in [1.29, 1.82) is 0 Å². The van der Waals surface area contributed by atoms with Crippen LogP contribution >= 0.6 is 0 Å². The first-order valence-electron chi connectivity index (χ1n) is 7.17. The fraction of sp³-hybridized carbons (Fsp3) is 0.333. The molecule has 3 rings (SSSR count). The molecule has 0 unspecified atom stereocenters. The first-order chi connectivity index (χ1) is 11.0. The molecule has 1 atom stereocenters. The smallest absolute Gasteiger partial charge is 0.267 e. The number of aryl methyl sites for hydroxylation is 1. The van der Waals surface area contributed by atoms with Crippen molar-refractivity contribution >= 4 is 17.0 Å². The number of amides is 1. The van der Waals surface area contributed by atoms with Gasteiger partial charge < -0.3 is 14.3 Å². The molecule has 1 N–H and O–H groups in total. The molecule has 0 aliphatic carbocycles. The summed E-state index contributed by atoms with van der Waals surface area (Å²) < 4.78 is 11.4. The van der Waals surface area contributed by atoms with Crippen molar-refractivity contribution in [2.24, 2.45) is 0 Å². The van der Waals surface area contributed by atoms with Gasteiger partial charge in [0.25, 0.3) is 11.3 Å². The summed E-state index contributed by atoms with van der Waals surface area (Å²) in [6.07, 6.45) is 3.45. The SMILES string of the molecule is Cc1noc2ncn(CC(=O)N[C@@H](C)Cc3ccco3)c(=O)c12. The van der Waals surface area contributed by atoms with Gasteiger partial charge in [-0.15, -0.1) is 0 Å². The molecule has 0 bridgehead atoms. The third-order valence-electron chi connectivity index (χ3n) is 3.44. The van der Waals surface area contributed by atoms with Crippen LogP contribution in [0.2, 0.25) is 0 Å². The van der Waals surface area contributed by atoms with Crippen LogP contribution in [0.5, 0.6) is 0 Å². The fourth-order valence-corrected chi connectivity index (χ4v) is 2.38. The van der Waals surface area contributed by atoms with Gasteiger partial charge in [-0.1, -0.05) is 5.16 Å². The summed E-state index contributed by atoms with van der Waals surface area (Å²) in [6, 6.07) is 3.53. The second-order valence-electron chi connectivity index (χ2n) is 5.38. The second kappa shape index (κ2) is 6.07. The normalized spacial score (nSPS) is 12.4. The lowest BCUT2D eigenvalue weighted by Gasteiger charge is -2.13. The number of furan rings is 1. The Kier molecular flexibility index (Phi) is 3.96. The van der Waals surface area contributed by atoms with Crippen LogP contribution in [0.25, 0.3) is 11.1 Å². The Morgan fingerprint density at radius 3 is 3.04 bits per heavy atom. The lowest BCUT2D eigenvalue weighted by molar-refractivity contribution is -0.122. The van der Waals surface area contributed by atoms with Gasteiger partial charge in [0.05, 0.1) is 12.0 Å². The van der Waals surface area contributed by atoms with E-state index in [4.69, 9.17) is 8.94 Å². The Balaban J connectivity index is 1.69. The minimum atomic E-state index is -0.345. The van der Waals surface area contributed by atoms with Gasteiger partial charge >= 0.3 is 0 Å². The Morgan fingerprint density at radius 2 is 2.30 bits per heavy atom. The quantitative estimate of drug-likeness (QED) is 0.754.